The third-order valence-electron chi connectivity index (χ3n) is 8.43. The van der Waals surface area contributed by atoms with Crippen molar-refractivity contribution in [1.29, 1.82) is 0 Å². The minimum atomic E-state index is -1.65. The van der Waals surface area contributed by atoms with Gasteiger partial charge in [0.1, 0.15) is 0 Å². The summed E-state index contributed by atoms with van der Waals surface area (Å²) in [5.41, 5.74) is 0.607. The highest BCUT2D eigenvalue weighted by atomic mass is 28.4. The third kappa shape index (κ3) is 2.48. The highest BCUT2D eigenvalue weighted by molar-refractivity contribution is 6.74. The molecule has 0 aromatic rings. The third-order valence-corrected chi connectivity index (χ3v) is 12.9. The summed E-state index contributed by atoms with van der Waals surface area (Å²) in [6.07, 6.45) is 5.76. The van der Waals surface area contributed by atoms with Crippen molar-refractivity contribution in [1.82, 2.24) is 4.90 Å². The van der Waals surface area contributed by atoms with E-state index >= 15 is 0 Å². The van der Waals surface area contributed by atoms with Crippen molar-refractivity contribution in [3.8, 4) is 0 Å². The van der Waals surface area contributed by atoms with Crippen LogP contribution in [0.5, 0.6) is 0 Å². The molecule has 0 aromatic heterocycles. The summed E-state index contributed by atoms with van der Waals surface area (Å²) in [4.78, 5) is 2.75. The van der Waals surface area contributed by atoms with E-state index in [0.29, 0.717) is 16.5 Å². The first-order valence-corrected chi connectivity index (χ1v) is 12.8. The van der Waals surface area contributed by atoms with Gasteiger partial charge in [-0.3, -0.25) is 4.90 Å². The van der Waals surface area contributed by atoms with Crippen LogP contribution in [0.4, 0.5) is 0 Å². The van der Waals surface area contributed by atoms with Gasteiger partial charge in [-0.1, -0.05) is 41.0 Å². The predicted octanol–water partition coefficient (Wildman–Crippen LogP) is 5.15. The molecule has 3 heteroatoms. The van der Waals surface area contributed by atoms with E-state index in [1.54, 1.807) is 0 Å². The van der Waals surface area contributed by atoms with Crippen molar-refractivity contribution in [3.63, 3.8) is 0 Å². The average molecular weight is 338 g/mol. The summed E-state index contributed by atoms with van der Waals surface area (Å²) >= 11 is 0. The van der Waals surface area contributed by atoms with Gasteiger partial charge in [0, 0.05) is 18.7 Å². The van der Waals surface area contributed by atoms with Crippen LogP contribution < -0.4 is 0 Å². The second-order valence-electron chi connectivity index (χ2n) is 10.5. The SMILES string of the molecule is CC1CC(C)C23CCCC2N(C)[C@H](CO[Si](C)(C)C(C)(C)C)C13. The van der Waals surface area contributed by atoms with Gasteiger partial charge in [0.15, 0.2) is 8.32 Å². The molecule has 2 nitrogen and oxygen atoms in total. The van der Waals surface area contributed by atoms with Crippen LogP contribution in [0.3, 0.4) is 0 Å². The Balaban J connectivity index is 1.81. The number of likely N-dealkylation sites (tertiary alicyclic amines) is 1. The van der Waals surface area contributed by atoms with E-state index in [9.17, 15) is 0 Å². The van der Waals surface area contributed by atoms with E-state index in [-0.39, 0.29) is 0 Å². The summed E-state index contributed by atoms with van der Waals surface area (Å²) < 4.78 is 6.70. The minimum Gasteiger partial charge on any atom is -0.415 e. The number of rotatable bonds is 3. The zero-order valence-corrected chi connectivity index (χ0v) is 17.8. The molecule has 0 N–H and O–H groups in total. The van der Waals surface area contributed by atoms with E-state index in [1.165, 1.54) is 25.7 Å². The second-order valence-corrected chi connectivity index (χ2v) is 15.3. The van der Waals surface area contributed by atoms with Crippen LogP contribution in [0.15, 0.2) is 0 Å². The molecule has 3 fully saturated rings. The van der Waals surface area contributed by atoms with Crippen LogP contribution >= 0.6 is 0 Å². The maximum atomic E-state index is 6.70. The van der Waals surface area contributed by atoms with Gasteiger partial charge in [-0.25, -0.2) is 0 Å². The lowest BCUT2D eigenvalue weighted by molar-refractivity contribution is 0.122. The molecule has 2 saturated carbocycles. The molecule has 23 heavy (non-hydrogen) atoms. The van der Waals surface area contributed by atoms with Crippen molar-refractivity contribution >= 4 is 8.32 Å². The largest absolute Gasteiger partial charge is 0.415 e. The molecule has 1 heterocycles. The fraction of sp³-hybridized carbons (Fsp3) is 1.00. The number of nitrogens with zero attached hydrogens (tertiary/aromatic N) is 1. The lowest BCUT2D eigenvalue weighted by Crippen LogP contribution is -2.46. The molecule has 6 atom stereocenters. The van der Waals surface area contributed by atoms with E-state index < -0.39 is 8.32 Å². The van der Waals surface area contributed by atoms with Crippen LogP contribution in [0.2, 0.25) is 18.1 Å². The average Bonchev–Trinajstić information content (AvgIpc) is 3.00. The molecule has 3 aliphatic rings. The van der Waals surface area contributed by atoms with Crippen molar-refractivity contribution in [2.45, 2.75) is 90.5 Å². The maximum absolute atomic E-state index is 6.70. The van der Waals surface area contributed by atoms with Gasteiger partial charge in [0.05, 0.1) is 0 Å². The van der Waals surface area contributed by atoms with E-state index in [4.69, 9.17) is 4.43 Å². The molecule has 5 unspecified atom stereocenters. The Morgan fingerprint density at radius 3 is 2.48 bits per heavy atom. The van der Waals surface area contributed by atoms with Crippen molar-refractivity contribution in [3.05, 3.63) is 0 Å². The maximum Gasteiger partial charge on any atom is 0.192 e. The Bertz CT molecular complexity index is 457. The van der Waals surface area contributed by atoms with Crippen molar-refractivity contribution in [2.75, 3.05) is 13.7 Å². The van der Waals surface area contributed by atoms with Gasteiger partial charge in [-0.2, -0.15) is 0 Å². The van der Waals surface area contributed by atoms with E-state index in [1.807, 2.05) is 0 Å². The Hall–Kier alpha value is 0.137. The molecule has 0 amide bonds. The van der Waals surface area contributed by atoms with Crippen LogP contribution in [-0.2, 0) is 4.43 Å². The lowest BCUT2D eigenvalue weighted by Gasteiger charge is -2.39. The predicted molar refractivity (Wildman–Crippen MR) is 101 cm³/mol. The number of likely N-dealkylation sites (N-methyl/N-ethyl adjacent to an activating group) is 1. The molecule has 0 aromatic carbocycles. The summed E-state index contributed by atoms with van der Waals surface area (Å²) in [6, 6.07) is 1.47. The molecule has 3 rings (SSSR count). The van der Waals surface area contributed by atoms with Gasteiger partial charge in [-0.05, 0) is 67.6 Å². The Labute approximate surface area is 145 Å². The zero-order chi connectivity index (χ0) is 17.2. The van der Waals surface area contributed by atoms with Crippen LogP contribution in [-0.4, -0.2) is 39.0 Å². The first-order chi connectivity index (χ1) is 10.5. The Morgan fingerprint density at radius 1 is 1.22 bits per heavy atom. The van der Waals surface area contributed by atoms with E-state index in [2.05, 4.69) is 59.7 Å². The highest BCUT2D eigenvalue weighted by Gasteiger charge is 2.66. The second kappa shape index (κ2) is 5.57. The summed E-state index contributed by atoms with van der Waals surface area (Å²) in [6.45, 7) is 17.9. The fourth-order valence-electron chi connectivity index (χ4n) is 6.32. The number of hydrogen-bond acceptors (Lipinski definition) is 2. The molecule has 1 saturated heterocycles. The summed E-state index contributed by atoms with van der Waals surface area (Å²) in [7, 11) is 0.748. The molecule has 2 aliphatic carbocycles. The minimum absolute atomic E-state index is 0.312. The molecule has 0 radical (unpaired) electrons. The first kappa shape index (κ1) is 17.9. The zero-order valence-electron chi connectivity index (χ0n) is 16.8. The molecular weight excluding hydrogens is 298 g/mol. The van der Waals surface area contributed by atoms with Gasteiger partial charge in [0.2, 0.25) is 0 Å². The lowest BCUT2D eigenvalue weighted by atomic mass is 9.69. The molecule has 1 aliphatic heterocycles. The Morgan fingerprint density at radius 2 is 1.87 bits per heavy atom. The molecule has 0 bridgehead atoms. The normalized spacial score (nSPS) is 44.6. The van der Waals surface area contributed by atoms with Gasteiger partial charge in [0.25, 0.3) is 0 Å². The number of hydrogen-bond donors (Lipinski definition) is 0. The highest BCUT2D eigenvalue weighted by Crippen LogP contribution is 2.66. The molecule has 1 spiro atoms. The smallest absolute Gasteiger partial charge is 0.192 e. The van der Waals surface area contributed by atoms with Gasteiger partial charge >= 0.3 is 0 Å². The summed E-state index contributed by atoms with van der Waals surface area (Å²) in [5, 5.41) is 0.312. The standard InChI is InChI=1S/C20H39NOSi/c1-14-12-15(2)20-11-9-10-17(20)21(6)16(18(14)20)13-22-23(7,8)19(3,4)5/h14-18H,9-13H2,1-8H3/t14?,15?,16-,17?,18?,20?/m1/s1. The van der Waals surface area contributed by atoms with Crippen LogP contribution in [0, 0.1) is 23.2 Å². The molecular formula is C20H39NOSi. The van der Waals surface area contributed by atoms with Crippen LogP contribution in [0.1, 0.15) is 60.3 Å². The van der Waals surface area contributed by atoms with Gasteiger partial charge < -0.3 is 4.43 Å². The van der Waals surface area contributed by atoms with Crippen molar-refractivity contribution < 1.29 is 4.43 Å². The fourth-order valence-corrected chi connectivity index (χ4v) is 7.34. The Kier molecular flexibility index (Phi) is 4.35. The first-order valence-electron chi connectivity index (χ1n) is 9.88. The quantitative estimate of drug-likeness (QED) is 0.660. The van der Waals surface area contributed by atoms with Crippen LogP contribution in [0.25, 0.3) is 0 Å². The van der Waals surface area contributed by atoms with Gasteiger partial charge in [-0.15, -0.1) is 0 Å². The topological polar surface area (TPSA) is 12.5 Å². The monoisotopic (exact) mass is 337 g/mol. The van der Waals surface area contributed by atoms with E-state index in [0.717, 1.165) is 30.4 Å². The van der Waals surface area contributed by atoms with Crippen molar-refractivity contribution in [2.24, 2.45) is 23.2 Å². The molecule has 134 valence electrons. The summed E-state index contributed by atoms with van der Waals surface area (Å²) in [5.74, 6) is 2.62.